The monoisotopic (exact) mass is 333 g/mol. The molecule has 0 spiro atoms. The zero-order valence-corrected chi connectivity index (χ0v) is 12.7. The van der Waals surface area contributed by atoms with Crippen molar-refractivity contribution in [1.29, 1.82) is 0 Å². The number of benzene rings is 1. The molecule has 0 aliphatic carbocycles. The first-order valence-corrected chi connectivity index (χ1v) is 6.83. The Kier molecular flexibility index (Phi) is 6.00. The van der Waals surface area contributed by atoms with Gasteiger partial charge in [-0.05, 0) is 32.4 Å². The number of amides is 1. The van der Waals surface area contributed by atoms with E-state index in [2.05, 4.69) is 5.32 Å². The van der Waals surface area contributed by atoms with Gasteiger partial charge >= 0.3 is 12.1 Å². The van der Waals surface area contributed by atoms with E-state index in [4.69, 9.17) is 9.84 Å². The molecule has 1 amide bonds. The lowest BCUT2D eigenvalue weighted by atomic mass is 9.98. The van der Waals surface area contributed by atoms with Gasteiger partial charge in [-0.15, -0.1) is 0 Å². The second kappa shape index (κ2) is 7.34. The molecule has 8 heteroatoms. The van der Waals surface area contributed by atoms with E-state index in [9.17, 15) is 22.8 Å². The van der Waals surface area contributed by atoms with E-state index >= 15 is 0 Å². The first kappa shape index (κ1) is 18.8. The van der Waals surface area contributed by atoms with Crippen molar-refractivity contribution in [3.63, 3.8) is 0 Å². The van der Waals surface area contributed by atoms with Gasteiger partial charge in [0.15, 0.2) is 6.61 Å². The van der Waals surface area contributed by atoms with Crippen LogP contribution in [-0.4, -0.2) is 29.1 Å². The second-order valence-electron chi connectivity index (χ2n) is 5.61. The van der Waals surface area contributed by atoms with Crippen LogP contribution >= 0.6 is 0 Å². The summed E-state index contributed by atoms with van der Waals surface area (Å²) in [5.41, 5.74) is -1.76. The number of hydrogen-bond donors (Lipinski definition) is 2. The molecule has 5 nitrogen and oxygen atoms in total. The number of ether oxygens (including phenoxy) is 1. The van der Waals surface area contributed by atoms with Gasteiger partial charge in [-0.1, -0.05) is 12.1 Å². The summed E-state index contributed by atoms with van der Waals surface area (Å²) < 4.78 is 43.3. The largest absolute Gasteiger partial charge is 0.483 e. The fraction of sp³-hybridized carbons (Fsp3) is 0.467. The molecule has 1 rings (SSSR count). The predicted molar refractivity (Wildman–Crippen MR) is 76.0 cm³/mol. The molecule has 0 heterocycles. The smallest absolute Gasteiger partial charge is 0.419 e. The highest BCUT2D eigenvalue weighted by atomic mass is 19.4. The Bertz CT molecular complexity index is 570. The number of halogens is 3. The van der Waals surface area contributed by atoms with Gasteiger partial charge in [0.25, 0.3) is 5.91 Å². The quantitative estimate of drug-likeness (QED) is 0.804. The molecule has 0 atom stereocenters. The van der Waals surface area contributed by atoms with Crippen molar-refractivity contribution in [1.82, 2.24) is 5.32 Å². The van der Waals surface area contributed by atoms with Crippen molar-refractivity contribution in [3.05, 3.63) is 29.8 Å². The molecule has 0 aliphatic rings. The topological polar surface area (TPSA) is 75.6 Å². The van der Waals surface area contributed by atoms with E-state index in [1.807, 2.05) is 0 Å². The van der Waals surface area contributed by atoms with Crippen molar-refractivity contribution in [2.24, 2.45) is 0 Å². The number of carboxylic acids is 1. The number of aliphatic carboxylic acids is 1. The summed E-state index contributed by atoms with van der Waals surface area (Å²) in [6.45, 7) is 2.65. The number of alkyl halides is 3. The molecule has 0 fully saturated rings. The lowest BCUT2D eigenvalue weighted by molar-refractivity contribution is -0.139. The average Bonchev–Trinajstić information content (AvgIpc) is 2.42. The molecule has 1 aromatic rings. The van der Waals surface area contributed by atoms with Gasteiger partial charge in [-0.3, -0.25) is 9.59 Å². The van der Waals surface area contributed by atoms with E-state index in [-0.39, 0.29) is 12.8 Å². The molecule has 0 unspecified atom stereocenters. The normalized spacial score (nSPS) is 11.9. The van der Waals surface area contributed by atoms with Crippen LogP contribution in [0.4, 0.5) is 13.2 Å². The second-order valence-corrected chi connectivity index (χ2v) is 5.61. The number of carboxylic acid groups (broad SMARTS) is 1. The molecule has 0 bridgehead atoms. The molecule has 0 radical (unpaired) electrons. The van der Waals surface area contributed by atoms with Gasteiger partial charge in [-0.25, -0.2) is 0 Å². The van der Waals surface area contributed by atoms with Crippen molar-refractivity contribution < 1.29 is 32.6 Å². The number of para-hydroxylation sites is 1. The van der Waals surface area contributed by atoms with Crippen LogP contribution in [-0.2, 0) is 15.8 Å². The summed E-state index contributed by atoms with van der Waals surface area (Å²) in [6.07, 6.45) is -4.52. The van der Waals surface area contributed by atoms with Gasteiger partial charge in [0.1, 0.15) is 5.75 Å². The highest BCUT2D eigenvalue weighted by molar-refractivity contribution is 5.78. The van der Waals surface area contributed by atoms with Crippen molar-refractivity contribution >= 4 is 11.9 Å². The number of nitrogens with one attached hydrogen (secondary N) is 1. The molecule has 0 saturated heterocycles. The molecule has 0 aliphatic heterocycles. The number of carbonyl (C=O) groups excluding carboxylic acids is 1. The molecule has 0 aromatic heterocycles. The van der Waals surface area contributed by atoms with Crippen LogP contribution in [0, 0.1) is 0 Å². The first-order chi connectivity index (χ1) is 10.5. The van der Waals surface area contributed by atoms with E-state index in [0.29, 0.717) is 0 Å². The lowest BCUT2D eigenvalue weighted by Crippen LogP contribution is -2.45. The Morgan fingerprint density at radius 2 is 1.83 bits per heavy atom. The number of carbonyl (C=O) groups is 2. The first-order valence-electron chi connectivity index (χ1n) is 6.83. The van der Waals surface area contributed by atoms with E-state index < -0.39 is 41.5 Å². The van der Waals surface area contributed by atoms with Crippen LogP contribution in [0.5, 0.6) is 5.75 Å². The van der Waals surface area contributed by atoms with Crippen molar-refractivity contribution in [2.45, 2.75) is 38.4 Å². The average molecular weight is 333 g/mol. The van der Waals surface area contributed by atoms with Crippen LogP contribution in [0.3, 0.4) is 0 Å². The van der Waals surface area contributed by atoms with E-state index in [0.717, 1.165) is 12.1 Å². The summed E-state index contributed by atoms with van der Waals surface area (Å²) in [6, 6.07) is 4.60. The molecule has 23 heavy (non-hydrogen) atoms. The minimum Gasteiger partial charge on any atom is -0.483 e. The third-order valence-corrected chi connectivity index (χ3v) is 2.99. The minimum atomic E-state index is -4.58. The Morgan fingerprint density at radius 1 is 1.22 bits per heavy atom. The van der Waals surface area contributed by atoms with Crippen LogP contribution in [0.15, 0.2) is 24.3 Å². The van der Waals surface area contributed by atoms with Crippen LogP contribution in [0.1, 0.15) is 32.3 Å². The SMILES string of the molecule is CC(C)(CCC(=O)O)NC(=O)COc1ccccc1C(F)(F)F. The summed E-state index contributed by atoms with van der Waals surface area (Å²) in [5, 5.41) is 11.2. The number of rotatable bonds is 7. The maximum atomic E-state index is 12.8. The Balaban J connectivity index is 2.62. The fourth-order valence-electron chi connectivity index (χ4n) is 1.87. The predicted octanol–water partition coefficient (Wildman–Crippen LogP) is 2.84. The maximum Gasteiger partial charge on any atom is 0.419 e. The Hall–Kier alpha value is -2.25. The summed E-state index contributed by atoms with van der Waals surface area (Å²) in [5.74, 6) is -2.06. The molecule has 2 N–H and O–H groups in total. The van der Waals surface area contributed by atoms with Gasteiger partial charge in [0, 0.05) is 12.0 Å². The summed E-state index contributed by atoms with van der Waals surface area (Å²) in [4.78, 5) is 22.3. The summed E-state index contributed by atoms with van der Waals surface area (Å²) in [7, 11) is 0. The Morgan fingerprint density at radius 3 is 2.39 bits per heavy atom. The lowest BCUT2D eigenvalue weighted by Gasteiger charge is -2.25. The molecule has 0 saturated carbocycles. The molecule has 1 aromatic carbocycles. The molecular formula is C15H18F3NO4. The molecule has 128 valence electrons. The van der Waals surface area contributed by atoms with Crippen LogP contribution in [0.25, 0.3) is 0 Å². The van der Waals surface area contributed by atoms with E-state index in [1.165, 1.54) is 12.1 Å². The zero-order chi connectivity index (χ0) is 17.7. The standard InChI is InChI=1S/C15H18F3NO4/c1-14(2,8-7-13(21)22)19-12(20)9-23-11-6-4-3-5-10(11)15(16,17)18/h3-6H,7-9H2,1-2H3,(H,19,20)(H,21,22). The van der Waals surface area contributed by atoms with Crippen LogP contribution in [0.2, 0.25) is 0 Å². The van der Waals surface area contributed by atoms with Crippen molar-refractivity contribution in [3.8, 4) is 5.75 Å². The zero-order valence-electron chi connectivity index (χ0n) is 12.7. The fourth-order valence-corrected chi connectivity index (χ4v) is 1.87. The molecular weight excluding hydrogens is 315 g/mol. The van der Waals surface area contributed by atoms with Gasteiger partial charge in [-0.2, -0.15) is 13.2 Å². The third kappa shape index (κ3) is 6.58. The van der Waals surface area contributed by atoms with Crippen LogP contribution < -0.4 is 10.1 Å². The van der Waals surface area contributed by atoms with Gasteiger partial charge in [0.05, 0.1) is 5.56 Å². The third-order valence-electron chi connectivity index (χ3n) is 2.99. The summed E-state index contributed by atoms with van der Waals surface area (Å²) >= 11 is 0. The minimum absolute atomic E-state index is 0.134. The number of hydrogen-bond acceptors (Lipinski definition) is 3. The highest BCUT2D eigenvalue weighted by Crippen LogP contribution is 2.35. The highest BCUT2D eigenvalue weighted by Gasteiger charge is 2.34. The van der Waals surface area contributed by atoms with Crippen molar-refractivity contribution in [2.75, 3.05) is 6.61 Å². The van der Waals surface area contributed by atoms with E-state index in [1.54, 1.807) is 13.8 Å². The Labute approximate surface area is 131 Å². The van der Waals surface area contributed by atoms with Gasteiger partial charge in [0.2, 0.25) is 0 Å². The van der Waals surface area contributed by atoms with Gasteiger partial charge < -0.3 is 15.2 Å². The maximum absolute atomic E-state index is 12.8.